The molecule has 1 aromatic carbocycles. The van der Waals surface area contributed by atoms with E-state index in [1.165, 1.54) is 0 Å². The van der Waals surface area contributed by atoms with Crippen LogP contribution in [0.5, 0.6) is 5.75 Å². The molecule has 0 radical (unpaired) electrons. The van der Waals surface area contributed by atoms with E-state index in [-0.39, 0.29) is 0 Å². The normalized spacial score (nSPS) is 12.2. The molecule has 0 spiro atoms. The molecule has 1 heterocycles. The maximum atomic E-state index is 9.76. The van der Waals surface area contributed by atoms with Crippen molar-refractivity contribution in [2.24, 2.45) is 0 Å². The molecule has 1 unspecified atom stereocenters. The van der Waals surface area contributed by atoms with Gasteiger partial charge >= 0.3 is 0 Å². The van der Waals surface area contributed by atoms with Crippen LogP contribution in [0.25, 0.3) is 0 Å². The Morgan fingerprint density at radius 3 is 2.74 bits per heavy atom. The maximum absolute atomic E-state index is 9.76. The minimum atomic E-state index is -0.548. The Bertz CT molecular complexity index is 553. The molecule has 2 rings (SSSR count). The molecule has 0 aliphatic heterocycles. The first-order chi connectivity index (χ1) is 9.06. The molecular weight excluding hydrogens is 306 g/mol. The minimum absolute atomic E-state index is 0.385. The molecule has 4 heteroatoms. The number of halogens is 1. The van der Waals surface area contributed by atoms with Crippen LogP contribution in [0.4, 0.5) is 0 Å². The van der Waals surface area contributed by atoms with Crippen LogP contribution in [0.15, 0.2) is 41.0 Å². The van der Waals surface area contributed by atoms with Crippen molar-refractivity contribution in [2.45, 2.75) is 26.6 Å². The van der Waals surface area contributed by atoms with Crippen molar-refractivity contribution in [3.63, 3.8) is 0 Å². The zero-order valence-electron chi connectivity index (χ0n) is 10.9. The molecule has 1 aromatic heterocycles. The van der Waals surface area contributed by atoms with Gasteiger partial charge in [0.1, 0.15) is 12.4 Å². The van der Waals surface area contributed by atoms with Gasteiger partial charge in [-0.15, -0.1) is 0 Å². The molecule has 0 amide bonds. The summed E-state index contributed by atoms with van der Waals surface area (Å²) in [6.07, 6.45) is 1.19. The van der Waals surface area contributed by atoms with Crippen LogP contribution in [-0.4, -0.2) is 10.1 Å². The Morgan fingerprint density at radius 1 is 1.32 bits per heavy atom. The summed E-state index contributed by atoms with van der Waals surface area (Å²) in [6, 6.07) is 9.62. The van der Waals surface area contributed by atoms with Crippen LogP contribution in [0.1, 0.15) is 29.8 Å². The van der Waals surface area contributed by atoms with Crippen molar-refractivity contribution in [1.29, 1.82) is 0 Å². The van der Waals surface area contributed by atoms with Gasteiger partial charge in [-0.1, -0.05) is 11.6 Å². The molecule has 0 bridgehead atoms. The third kappa shape index (κ3) is 3.78. The van der Waals surface area contributed by atoms with E-state index in [0.29, 0.717) is 12.4 Å². The van der Waals surface area contributed by atoms with Crippen LogP contribution < -0.4 is 4.74 Å². The number of aliphatic hydroxyl groups excluding tert-OH is 1. The van der Waals surface area contributed by atoms with E-state index in [0.717, 1.165) is 21.3 Å². The lowest BCUT2D eigenvalue weighted by Gasteiger charge is -2.14. The lowest BCUT2D eigenvalue weighted by atomic mass is 10.1. The summed E-state index contributed by atoms with van der Waals surface area (Å²) >= 11 is 3.34. The summed E-state index contributed by atoms with van der Waals surface area (Å²) in [7, 11) is 0. The fourth-order valence-corrected chi connectivity index (χ4v) is 2.00. The van der Waals surface area contributed by atoms with Crippen LogP contribution in [0, 0.1) is 6.92 Å². The summed E-state index contributed by atoms with van der Waals surface area (Å²) in [4.78, 5) is 4.25. The number of hydrogen-bond acceptors (Lipinski definition) is 3. The molecule has 0 aliphatic carbocycles. The fourth-order valence-electron chi connectivity index (χ4n) is 1.77. The second-order valence-corrected chi connectivity index (χ2v) is 5.39. The van der Waals surface area contributed by atoms with Crippen molar-refractivity contribution in [1.82, 2.24) is 4.98 Å². The number of nitrogens with zero attached hydrogens (tertiary/aromatic N) is 1. The highest BCUT2D eigenvalue weighted by Gasteiger charge is 2.09. The topological polar surface area (TPSA) is 42.4 Å². The predicted octanol–water partition coefficient (Wildman–Crippen LogP) is 3.78. The number of pyridine rings is 1. The van der Waals surface area contributed by atoms with E-state index in [2.05, 4.69) is 20.9 Å². The first-order valence-electron chi connectivity index (χ1n) is 6.08. The van der Waals surface area contributed by atoms with Gasteiger partial charge < -0.3 is 9.84 Å². The lowest BCUT2D eigenvalue weighted by Crippen LogP contribution is -2.02. The second kappa shape index (κ2) is 6.17. The number of aromatic nitrogens is 1. The van der Waals surface area contributed by atoms with Crippen molar-refractivity contribution in [3.8, 4) is 5.75 Å². The van der Waals surface area contributed by atoms with Crippen LogP contribution in [-0.2, 0) is 6.61 Å². The molecule has 0 saturated heterocycles. The van der Waals surface area contributed by atoms with E-state index in [9.17, 15) is 5.11 Å². The van der Waals surface area contributed by atoms with Gasteiger partial charge in [0.2, 0.25) is 0 Å². The summed E-state index contributed by atoms with van der Waals surface area (Å²) in [5.74, 6) is 0.699. The van der Waals surface area contributed by atoms with Crippen molar-refractivity contribution < 1.29 is 9.84 Å². The summed E-state index contributed by atoms with van der Waals surface area (Å²) < 4.78 is 6.68. The summed E-state index contributed by atoms with van der Waals surface area (Å²) in [6.45, 7) is 4.11. The van der Waals surface area contributed by atoms with Gasteiger partial charge in [0.05, 0.1) is 11.8 Å². The molecule has 19 heavy (non-hydrogen) atoms. The second-order valence-electron chi connectivity index (χ2n) is 4.47. The number of aryl methyl sites for hydroxylation is 1. The smallest absolute Gasteiger partial charge is 0.130 e. The number of rotatable bonds is 4. The molecule has 100 valence electrons. The zero-order chi connectivity index (χ0) is 13.8. The molecule has 2 aromatic rings. The Kier molecular flexibility index (Phi) is 4.56. The Morgan fingerprint density at radius 2 is 2.11 bits per heavy atom. The van der Waals surface area contributed by atoms with E-state index >= 15 is 0 Å². The molecule has 0 saturated carbocycles. The highest BCUT2D eigenvalue weighted by atomic mass is 79.9. The van der Waals surface area contributed by atoms with Gasteiger partial charge in [0.25, 0.3) is 0 Å². The summed E-state index contributed by atoms with van der Waals surface area (Å²) in [5.41, 5.74) is 2.75. The number of ether oxygens (including phenoxy) is 1. The molecule has 1 atom stereocenters. The highest BCUT2D eigenvalue weighted by molar-refractivity contribution is 9.10. The van der Waals surface area contributed by atoms with E-state index < -0.39 is 6.10 Å². The molecule has 0 aliphatic rings. The van der Waals surface area contributed by atoms with Gasteiger partial charge in [-0.05, 0) is 54.0 Å². The predicted molar refractivity (Wildman–Crippen MR) is 78.1 cm³/mol. The van der Waals surface area contributed by atoms with E-state index in [4.69, 9.17) is 4.74 Å². The van der Waals surface area contributed by atoms with Crippen molar-refractivity contribution in [2.75, 3.05) is 0 Å². The third-order valence-electron chi connectivity index (χ3n) is 2.78. The number of aliphatic hydroxyl groups is 1. The maximum Gasteiger partial charge on any atom is 0.130 e. The zero-order valence-corrected chi connectivity index (χ0v) is 12.5. The van der Waals surface area contributed by atoms with E-state index in [1.807, 2.05) is 37.3 Å². The van der Waals surface area contributed by atoms with Crippen LogP contribution >= 0.6 is 15.9 Å². The molecule has 0 fully saturated rings. The molecule has 3 nitrogen and oxygen atoms in total. The largest absolute Gasteiger partial charge is 0.487 e. The first kappa shape index (κ1) is 14.0. The lowest BCUT2D eigenvalue weighted by molar-refractivity contribution is 0.189. The van der Waals surface area contributed by atoms with E-state index in [1.54, 1.807) is 13.1 Å². The fraction of sp³-hybridized carbons (Fsp3) is 0.267. The van der Waals surface area contributed by atoms with Gasteiger partial charge in [-0.3, -0.25) is 4.98 Å². The molecular formula is C15H16BrNO2. The minimum Gasteiger partial charge on any atom is -0.487 e. The van der Waals surface area contributed by atoms with Gasteiger partial charge in [-0.25, -0.2) is 0 Å². The number of benzene rings is 1. The summed E-state index contributed by atoms with van der Waals surface area (Å²) in [5, 5.41) is 9.76. The third-order valence-corrected chi connectivity index (χ3v) is 3.25. The quantitative estimate of drug-likeness (QED) is 0.931. The Hall–Kier alpha value is -1.39. The monoisotopic (exact) mass is 321 g/mol. The first-order valence-corrected chi connectivity index (χ1v) is 6.87. The van der Waals surface area contributed by atoms with Gasteiger partial charge in [0, 0.05) is 16.2 Å². The molecule has 1 N–H and O–H groups in total. The van der Waals surface area contributed by atoms with Crippen LogP contribution in [0.2, 0.25) is 0 Å². The number of hydrogen-bond donors (Lipinski definition) is 1. The average molecular weight is 322 g/mol. The highest BCUT2D eigenvalue weighted by Crippen LogP contribution is 2.26. The Labute approximate surface area is 121 Å². The Balaban J connectivity index is 2.13. The van der Waals surface area contributed by atoms with Gasteiger partial charge in [-0.2, -0.15) is 0 Å². The van der Waals surface area contributed by atoms with Gasteiger partial charge in [0.15, 0.2) is 0 Å². The van der Waals surface area contributed by atoms with Crippen LogP contribution in [0.3, 0.4) is 0 Å². The standard InChI is InChI=1S/C15H16BrNO2/c1-10-3-6-15(14(7-10)11(2)18)19-9-13-5-4-12(16)8-17-13/h3-8,11,18H,9H2,1-2H3. The van der Waals surface area contributed by atoms with Crippen molar-refractivity contribution in [3.05, 3.63) is 57.8 Å². The SMILES string of the molecule is Cc1ccc(OCc2ccc(Br)cn2)c(C(C)O)c1. The van der Waals surface area contributed by atoms with Crippen molar-refractivity contribution >= 4 is 15.9 Å². The average Bonchev–Trinajstić information content (AvgIpc) is 2.39.